The lowest BCUT2D eigenvalue weighted by molar-refractivity contribution is 0.282. The molecule has 0 saturated carbocycles. The summed E-state index contributed by atoms with van der Waals surface area (Å²) in [6, 6.07) is 16.9. The number of benzene rings is 2. The number of para-hydroxylation sites is 1. The van der Waals surface area contributed by atoms with Crippen molar-refractivity contribution in [1.29, 1.82) is 0 Å². The lowest BCUT2D eigenvalue weighted by Gasteiger charge is -2.24. The van der Waals surface area contributed by atoms with Gasteiger partial charge < -0.3 is 14.8 Å². The van der Waals surface area contributed by atoms with Crippen molar-refractivity contribution < 1.29 is 9.47 Å². The fraction of sp³-hybridized carbons (Fsp3) is 0.400. The SMILES string of the molecule is COc1c(CC2CCCCN2)cccc1OCc1ccccc1. The average Bonchev–Trinajstić information content (AvgIpc) is 2.62. The molecule has 3 rings (SSSR count). The van der Waals surface area contributed by atoms with E-state index in [9.17, 15) is 0 Å². The van der Waals surface area contributed by atoms with Gasteiger partial charge in [-0.05, 0) is 43.0 Å². The standard InChI is InChI=1S/C20H25NO2/c1-22-20-17(14-18-11-5-6-13-21-18)10-7-12-19(20)23-15-16-8-3-2-4-9-16/h2-4,7-10,12,18,21H,5-6,11,13-15H2,1H3. The van der Waals surface area contributed by atoms with Gasteiger partial charge in [0.15, 0.2) is 11.5 Å². The van der Waals surface area contributed by atoms with Gasteiger partial charge in [0.1, 0.15) is 6.61 Å². The number of ether oxygens (including phenoxy) is 2. The Balaban J connectivity index is 1.71. The predicted molar refractivity (Wildman–Crippen MR) is 93.1 cm³/mol. The van der Waals surface area contributed by atoms with Crippen LogP contribution in [0.25, 0.3) is 0 Å². The molecule has 0 bridgehead atoms. The van der Waals surface area contributed by atoms with Crippen LogP contribution in [0, 0.1) is 0 Å². The minimum Gasteiger partial charge on any atom is -0.493 e. The van der Waals surface area contributed by atoms with Gasteiger partial charge in [0.2, 0.25) is 0 Å². The summed E-state index contributed by atoms with van der Waals surface area (Å²) < 4.78 is 11.7. The van der Waals surface area contributed by atoms with Gasteiger partial charge in [0.25, 0.3) is 0 Å². The molecule has 1 atom stereocenters. The van der Waals surface area contributed by atoms with Crippen molar-refractivity contribution in [1.82, 2.24) is 5.32 Å². The van der Waals surface area contributed by atoms with Crippen molar-refractivity contribution in [3.05, 3.63) is 59.7 Å². The highest BCUT2D eigenvalue weighted by molar-refractivity contribution is 5.47. The minimum absolute atomic E-state index is 0.544. The third-order valence-electron chi connectivity index (χ3n) is 4.38. The normalized spacial score (nSPS) is 17.7. The number of nitrogens with one attached hydrogen (secondary N) is 1. The molecule has 1 fully saturated rings. The van der Waals surface area contributed by atoms with Gasteiger partial charge in [0.05, 0.1) is 7.11 Å². The Labute approximate surface area is 138 Å². The maximum atomic E-state index is 6.00. The van der Waals surface area contributed by atoms with Crippen LogP contribution in [0.15, 0.2) is 48.5 Å². The number of rotatable bonds is 6. The van der Waals surface area contributed by atoms with E-state index in [1.807, 2.05) is 24.3 Å². The summed E-state index contributed by atoms with van der Waals surface area (Å²) in [7, 11) is 1.72. The van der Waals surface area contributed by atoms with E-state index in [1.54, 1.807) is 7.11 Å². The zero-order valence-electron chi connectivity index (χ0n) is 13.8. The van der Waals surface area contributed by atoms with Crippen LogP contribution in [0.4, 0.5) is 0 Å². The van der Waals surface area contributed by atoms with Crippen LogP contribution in [0.1, 0.15) is 30.4 Å². The van der Waals surface area contributed by atoms with Crippen molar-refractivity contribution in [3.63, 3.8) is 0 Å². The van der Waals surface area contributed by atoms with Crippen molar-refractivity contribution >= 4 is 0 Å². The molecule has 0 aliphatic carbocycles. The van der Waals surface area contributed by atoms with Gasteiger partial charge in [-0.15, -0.1) is 0 Å². The Morgan fingerprint density at radius 3 is 2.65 bits per heavy atom. The molecule has 2 aromatic rings. The van der Waals surface area contributed by atoms with E-state index in [4.69, 9.17) is 9.47 Å². The third-order valence-corrected chi connectivity index (χ3v) is 4.38. The maximum Gasteiger partial charge on any atom is 0.163 e. The smallest absolute Gasteiger partial charge is 0.163 e. The summed E-state index contributed by atoms with van der Waals surface area (Å²) in [4.78, 5) is 0. The third kappa shape index (κ3) is 4.26. The van der Waals surface area contributed by atoms with Gasteiger partial charge >= 0.3 is 0 Å². The molecule has 3 heteroatoms. The molecule has 122 valence electrons. The monoisotopic (exact) mass is 311 g/mol. The molecular formula is C20H25NO2. The van der Waals surface area contributed by atoms with Gasteiger partial charge in [-0.25, -0.2) is 0 Å². The molecule has 2 aromatic carbocycles. The molecule has 23 heavy (non-hydrogen) atoms. The first-order valence-corrected chi connectivity index (χ1v) is 8.43. The van der Waals surface area contributed by atoms with E-state index < -0.39 is 0 Å². The molecular weight excluding hydrogens is 286 g/mol. The Morgan fingerprint density at radius 1 is 1.04 bits per heavy atom. The van der Waals surface area contributed by atoms with Crippen molar-refractivity contribution in [2.75, 3.05) is 13.7 Å². The predicted octanol–water partition coefficient (Wildman–Crippen LogP) is 3.96. The fourth-order valence-electron chi connectivity index (χ4n) is 3.17. The highest BCUT2D eigenvalue weighted by atomic mass is 16.5. The Hall–Kier alpha value is -2.00. The molecule has 0 aromatic heterocycles. The summed E-state index contributed by atoms with van der Waals surface area (Å²) in [6.45, 7) is 1.68. The molecule has 1 unspecified atom stereocenters. The fourth-order valence-corrected chi connectivity index (χ4v) is 3.17. The summed E-state index contributed by atoms with van der Waals surface area (Å²) in [5, 5.41) is 3.60. The van der Waals surface area contributed by atoms with Gasteiger partial charge in [-0.2, -0.15) is 0 Å². The van der Waals surface area contributed by atoms with E-state index in [0.29, 0.717) is 12.6 Å². The largest absolute Gasteiger partial charge is 0.493 e. The van der Waals surface area contributed by atoms with E-state index in [2.05, 4.69) is 29.6 Å². The van der Waals surface area contributed by atoms with Gasteiger partial charge in [-0.3, -0.25) is 0 Å². The van der Waals surface area contributed by atoms with Crippen LogP contribution in [0.3, 0.4) is 0 Å². The van der Waals surface area contributed by atoms with Crippen LogP contribution in [0.2, 0.25) is 0 Å². The summed E-state index contributed by atoms with van der Waals surface area (Å²) in [5.74, 6) is 1.69. The molecule has 1 aliphatic rings. The van der Waals surface area contributed by atoms with Crippen LogP contribution in [-0.4, -0.2) is 19.7 Å². The first-order valence-electron chi connectivity index (χ1n) is 8.43. The average molecular weight is 311 g/mol. The van der Waals surface area contributed by atoms with E-state index >= 15 is 0 Å². The first kappa shape index (κ1) is 15.9. The first-order chi connectivity index (χ1) is 11.4. The Bertz CT molecular complexity index is 606. The minimum atomic E-state index is 0.544. The number of hydrogen-bond donors (Lipinski definition) is 1. The van der Waals surface area contributed by atoms with Crippen molar-refractivity contribution in [3.8, 4) is 11.5 Å². The second-order valence-corrected chi connectivity index (χ2v) is 6.07. The molecule has 0 spiro atoms. The zero-order chi connectivity index (χ0) is 15.9. The highest BCUT2D eigenvalue weighted by Gasteiger charge is 2.17. The second-order valence-electron chi connectivity index (χ2n) is 6.07. The van der Waals surface area contributed by atoms with E-state index in [1.165, 1.54) is 24.8 Å². The molecule has 0 amide bonds. The van der Waals surface area contributed by atoms with Crippen LogP contribution >= 0.6 is 0 Å². The topological polar surface area (TPSA) is 30.5 Å². The molecule has 1 N–H and O–H groups in total. The lowest BCUT2D eigenvalue weighted by atomic mass is 9.97. The second kappa shape index (κ2) is 8.02. The molecule has 0 radical (unpaired) electrons. The number of piperidine rings is 1. The quantitative estimate of drug-likeness (QED) is 0.876. The van der Waals surface area contributed by atoms with Crippen molar-refractivity contribution in [2.45, 2.75) is 38.3 Å². The maximum absolute atomic E-state index is 6.00. The number of methoxy groups -OCH3 is 1. The summed E-state index contributed by atoms with van der Waals surface area (Å²) >= 11 is 0. The lowest BCUT2D eigenvalue weighted by Crippen LogP contribution is -2.35. The van der Waals surface area contributed by atoms with E-state index in [-0.39, 0.29) is 0 Å². The van der Waals surface area contributed by atoms with E-state index in [0.717, 1.165) is 30.0 Å². The zero-order valence-corrected chi connectivity index (χ0v) is 13.8. The highest BCUT2D eigenvalue weighted by Crippen LogP contribution is 2.33. The van der Waals surface area contributed by atoms with Gasteiger partial charge in [-0.1, -0.05) is 48.9 Å². The van der Waals surface area contributed by atoms with Crippen LogP contribution < -0.4 is 14.8 Å². The summed E-state index contributed by atoms with van der Waals surface area (Å²) in [5.41, 5.74) is 2.38. The van der Waals surface area contributed by atoms with Crippen LogP contribution in [-0.2, 0) is 13.0 Å². The molecule has 3 nitrogen and oxygen atoms in total. The Kier molecular flexibility index (Phi) is 5.54. The molecule has 1 aliphatic heterocycles. The van der Waals surface area contributed by atoms with Gasteiger partial charge in [0, 0.05) is 6.04 Å². The molecule has 1 saturated heterocycles. The number of hydrogen-bond acceptors (Lipinski definition) is 3. The van der Waals surface area contributed by atoms with Crippen LogP contribution in [0.5, 0.6) is 11.5 Å². The Morgan fingerprint density at radius 2 is 1.91 bits per heavy atom. The molecule has 1 heterocycles. The van der Waals surface area contributed by atoms with Crippen molar-refractivity contribution in [2.24, 2.45) is 0 Å². The summed E-state index contributed by atoms with van der Waals surface area (Å²) in [6.07, 6.45) is 4.82.